The zero-order chi connectivity index (χ0) is 25.7. The molecule has 0 spiro atoms. The van der Waals surface area contributed by atoms with Crippen LogP contribution in [0, 0.1) is 0 Å². The molecule has 1 saturated carbocycles. The summed E-state index contributed by atoms with van der Waals surface area (Å²) in [5, 5.41) is 8.30. The molecule has 3 unspecified atom stereocenters. The Bertz CT molecular complexity index is 1420. The van der Waals surface area contributed by atoms with Gasteiger partial charge >= 0.3 is 0 Å². The third-order valence-corrected chi connectivity index (χ3v) is 8.15. The maximum atomic E-state index is 5.92. The Balaban J connectivity index is 1.29. The number of nitrogens with one attached hydrogen (secondary N) is 2. The minimum Gasteiger partial charge on any atom is -0.493 e. The van der Waals surface area contributed by atoms with Gasteiger partial charge in [0, 0.05) is 47.6 Å². The Kier molecular flexibility index (Phi) is 6.19. The van der Waals surface area contributed by atoms with Crippen molar-refractivity contribution in [3.05, 3.63) is 42.0 Å². The number of ether oxygens (including phenoxy) is 2. The van der Waals surface area contributed by atoms with Crippen LogP contribution in [0.25, 0.3) is 27.9 Å². The molecule has 196 valence electrons. The highest BCUT2D eigenvalue weighted by Gasteiger charge is 2.33. The van der Waals surface area contributed by atoms with Gasteiger partial charge in [-0.2, -0.15) is 5.10 Å². The van der Waals surface area contributed by atoms with Gasteiger partial charge in [-0.3, -0.25) is 4.98 Å². The lowest BCUT2D eigenvalue weighted by Crippen LogP contribution is -2.46. The standard InChI is InChI=1S/C29H38N6O2/c1-17(2)25-26(19-13-24(36-5)28-30-16-31-35(28)15-19)34-23-9-8-22(33-27(23)25)18-6-7-20(12-18)32-21-10-11-37-29(3,4)14-21/h8-9,13,15-18,20-21,32,34H,6-7,10-12,14H2,1-5H3. The van der Waals surface area contributed by atoms with Crippen molar-refractivity contribution in [2.24, 2.45) is 0 Å². The number of rotatable bonds is 6. The van der Waals surface area contributed by atoms with E-state index in [4.69, 9.17) is 14.5 Å². The molecule has 37 heavy (non-hydrogen) atoms. The molecule has 1 aliphatic carbocycles. The molecule has 0 aromatic carbocycles. The molecular weight excluding hydrogens is 464 g/mol. The van der Waals surface area contributed by atoms with Gasteiger partial charge in [0.25, 0.3) is 0 Å². The van der Waals surface area contributed by atoms with Crippen molar-refractivity contribution in [2.75, 3.05) is 13.7 Å². The van der Waals surface area contributed by atoms with Crippen molar-refractivity contribution in [1.82, 2.24) is 29.9 Å². The monoisotopic (exact) mass is 502 g/mol. The van der Waals surface area contributed by atoms with Gasteiger partial charge in [0.1, 0.15) is 6.33 Å². The average Bonchev–Trinajstić information content (AvgIpc) is 3.60. The van der Waals surface area contributed by atoms with Crippen LogP contribution in [-0.2, 0) is 4.74 Å². The molecular formula is C29H38N6O2. The maximum absolute atomic E-state index is 5.92. The fourth-order valence-corrected chi connectivity index (χ4v) is 6.41. The first-order valence-corrected chi connectivity index (χ1v) is 13.6. The van der Waals surface area contributed by atoms with Crippen LogP contribution < -0.4 is 10.1 Å². The number of fused-ring (bicyclic) bond motifs is 2. The second-order valence-corrected chi connectivity index (χ2v) is 11.7. The minimum absolute atomic E-state index is 0.0256. The molecule has 8 heteroatoms. The van der Waals surface area contributed by atoms with E-state index in [0.717, 1.165) is 48.2 Å². The zero-order valence-corrected chi connectivity index (χ0v) is 22.5. The van der Waals surface area contributed by atoms with E-state index in [1.165, 1.54) is 24.1 Å². The van der Waals surface area contributed by atoms with Gasteiger partial charge in [0.15, 0.2) is 11.4 Å². The first-order valence-electron chi connectivity index (χ1n) is 13.6. The molecule has 1 saturated heterocycles. The van der Waals surface area contributed by atoms with E-state index in [1.54, 1.807) is 18.0 Å². The summed E-state index contributed by atoms with van der Waals surface area (Å²) in [5.41, 5.74) is 7.35. The van der Waals surface area contributed by atoms with E-state index in [9.17, 15) is 0 Å². The molecule has 0 amide bonds. The van der Waals surface area contributed by atoms with Crippen LogP contribution in [-0.4, -0.2) is 56.0 Å². The number of nitrogens with zero attached hydrogens (tertiary/aromatic N) is 4. The number of hydrogen-bond donors (Lipinski definition) is 2. The van der Waals surface area contributed by atoms with Gasteiger partial charge in [-0.1, -0.05) is 13.8 Å². The summed E-state index contributed by atoms with van der Waals surface area (Å²) in [6.45, 7) is 9.72. The zero-order valence-electron chi connectivity index (χ0n) is 22.5. The topological polar surface area (TPSA) is 89.4 Å². The smallest absolute Gasteiger partial charge is 0.197 e. The molecule has 0 radical (unpaired) electrons. The molecule has 2 fully saturated rings. The summed E-state index contributed by atoms with van der Waals surface area (Å²) >= 11 is 0. The minimum atomic E-state index is -0.0256. The van der Waals surface area contributed by atoms with Crippen LogP contribution in [0.5, 0.6) is 5.75 Å². The van der Waals surface area contributed by atoms with E-state index in [2.05, 4.69) is 60.2 Å². The van der Waals surface area contributed by atoms with Gasteiger partial charge in [-0.25, -0.2) is 9.50 Å². The van der Waals surface area contributed by atoms with E-state index in [1.807, 2.05) is 12.3 Å². The van der Waals surface area contributed by atoms with Crippen molar-refractivity contribution in [3.63, 3.8) is 0 Å². The third kappa shape index (κ3) is 4.61. The number of aromatic nitrogens is 5. The highest BCUT2D eigenvalue weighted by Crippen LogP contribution is 2.39. The summed E-state index contributed by atoms with van der Waals surface area (Å²) in [4.78, 5) is 13.3. The van der Waals surface area contributed by atoms with Crippen LogP contribution in [0.3, 0.4) is 0 Å². The van der Waals surface area contributed by atoms with Gasteiger partial charge in [-0.05, 0) is 70.1 Å². The second kappa shape index (κ2) is 9.40. The quantitative estimate of drug-likeness (QED) is 0.357. The van der Waals surface area contributed by atoms with Crippen molar-refractivity contribution in [3.8, 4) is 17.0 Å². The van der Waals surface area contributed by atoms with E-state index < -0.39 is 0 Å². The van der Waals surface area contributed by atoms with Crippen LogP contribution in [0.2, 0.25) is 0 Å². The summed E-state index contributed by atoms with van der Waals surface area (Å²) in [6.07, 6.45) is 9.26. The largest absolute Gasteiger partial charge is 0.493 e. The molecule has 1 aliphatic heterocycles. The summed E-state index contributed by atoms with van der Waals surface area (Å²) < 4.78 is 13.3. The Labute approximate surface area is 218 Å². The molecule has 6 rings (SSSR count). The van der Waals surface area contributed by atoms with Gasteiger partial charge in [-0.15, -0.1) is 0 Å². The molecule has 8 nitrogen and oxygen atoms in total. The third-order valence-electron chi connectivity index (χ3n) is 8.15. The maximum Gasteiger partial charge on any atom is 0.197 e. The Hall–Kier alpha value is -2.97. The van der Waals surface area contributed by atoms with E-state index in [-0.39, 0.29) is 5.60 Å². The molecule has 4 aromatic heterocycles. The summed E-state index contributed by atoms with van der Waals surface area (Å²) in [6, 6.07) is 7.56. The number of aromatic amines is 1. The Morgan fingerprint density at radius 2 is 2.05 bits per heavy atom. The van der Waals surface area contributed by atoms with Crippen LogP contribution in [0.4, 0.5) is 0 Å². The first kappa shape index (κ1) is 24.4. The van der Waals surface area contributed by atoms with Crippen molar-refractivity contribution in [2.45, 2.75) is 89.3 Å². The van der Waals surface area contributed by atoms with E-state index in [0.29, 0.717) is 35.3 Å². The molecule has 3 atom stereocenters. The van der Waals surface area contributed by atoms with Crippen molar-refractivity contribution < 1.29 is 9.47 Å². The van der Waals surface area contributed by atoms with Crippen molar-refractivity contribution >= 4 is 16.7 Å². The van der Waals surface area contributed by atoms with E-state index >= 15 is 0 Å². The molecule has 2 N–H and O–H groups in total. The number of pyridine rings is 2. The molecule has 2 aliphatic rings. The lowest BCUT2D eigenvalue weighted by molar-refractivity contribution is -0.0640. The van der Waals surface area contributed by atoms with Gasteiger partial charge in [0.2, 0.25) is 0 Å². The van der Waals surface area contributed by atoms with Crippen LogP contribution in [0.1, 0.15) is 82.9 Å². The van der Waals surface area contributed by atoms with Crippen LogP contribution >= 0.6 is 0 Å². The second-order valence-electron chi connectivity index (χ2n) is 11.7. The molecule has 5 heterocycles. The Morgan fingerprint density at radius 3 is 2.84 bits per heavy atom. The lowest BCUT2D eigenvalue weighted by atomic mass is 9.93. The van der Waals surface area contributed by atoms with Gasteiger partial charge < -0.3 is 19.8 Å². The van der Waals surface area contributed by atoms with Crippen molar-refractivity contribution in [1.29, 1.82) is 0 Å². The first-order chi connectivity index (χ1) is 17.8. The average molecular weight is 503 g/mol. The Morgan fingerprint density at radius 1 is 1.19 bits per heavy atom. The fraction of sp³-hybridized carbons (Fsp3) is 0.552. The predicted octanol–water partition coefficient (Wildman–Crippen LogP) is 5.59. The normalized spacial score (nSPS) is 23.9. The SMILES string of the molecule is COc1cc(-c2[nH]c3ccc(C4CCC(NC5CCOC(C)(C)C5)C4)nc3c2C(C)C)cn2ncnc12. The highest BCUT2D eigenvalue weighted by molar-refractivity contribution is 5.89. The number of H-pyrrole nitrogens is 1. The lowest BCUT2D eigenvalue weighted by Gasteiger charge is -2.37. The molecule has 0 bridgehead atoms. The highest BCUT2D eigenvalue weighted by atomic mass is 16.5. The van der Waals surface area contributed by atoms with Gasteiger partial charge in [0.05, 0.1) is 29.4 Å². The number of hydrogen-bond acceptors (Lipinski definition) is 6. The number of methoxy groups -OCH3 is 1. The van der Waals surface area contributed by atoms with Crippen LogP contribution in [0.15, 0.2) is 30.7 Å². The summed E-state index contributed by atoms with van der Waals surface area (Å²) in [5.74, 6) is 1.49. The summed E-state index contributed by atoms with van der Waals surface area (Å²) in [7, 11) is 1.67. The molecule has 4 aromatic rings. The fourth-order valence-electron chi connectivity index (χ4n) is 6.41. The predicted molar refractivity (Wildman–Crippen MR) is 145 cm³/mol.